The maximum Gasteiger partial charge on any atom is 0.165 e. The number of hydroxylamine groups is 2. The van der Waals surface area contributed by atoms with Crippen LogP contribution in [0.5, 0.6) is 5.75 Å². The van der Waals surface area contributed by atoms with E-state index in [1.807, 2.05) is 50.2 Å². The summed E-state index contributed by atoms with van der Waals surface area (Å²) in [6.45, 7) is 4.60. The van der Waals surface area contributed by atoms with Crippen molar-refractivity contribution in [2.75, 3.05) is 20.2 Å². The highest BCUT2D eigenvalue weighted by Gasteiger charge is 2.19. The molecule has 6 nitrogen and oxygen atoms in total. The molecule has 25 heavy (non-hydrogen) atoms. The molecular weight excluding hydrogens is 320 g/mol. The van der Waals surface area contributed by atoms with Gasteiger partial charge >= 0.3 is 0 Å². The lowest BCUT2D eigenvalue weighted by atomic mass is 9.94. The van der Waals surface area contributed by atoms with Crippen LogP contribution in [-0.4, -0.2) is 40.6 Å². The van der Waals surface area contributed by atoms with Crippen molar-refractivity contribution in [2.45, 2.75) is 26.9 Å². The summed E-state index contributed by atoms with van der Waals surface area (Å²) in [5.41, 5.74) is 7.65. The summed E-state index contributed by atoms with van der Waals surface area (Å²) in [4.78, 5) is -1.22. The Morgan fingerprint density at radius 3 is 2.36 bits per heavy atom. The highest BCUT2D eigenvalue weighted by atomic mass is 16.9. The van der Waals surface area contributed by atoms with Crippen LogP contribution in [0.15, 0.2) is 36.4 Å². The van der Waals surface area contributed by atoms with Crippen molar-refractivity contribution in [3.8, 4) is 16.9 Å². The van der Waals surface area contributed by atoms with Gasteiger partial charge in [0.25, 0.3) is 0 Å². The molecule has 0 aliphatic heterocycles. The number of aliphatic hydroxyl groups is 1. The number of quaternary nitrogens is 1. The standard InChI is InChI=1S/C19H27N2O4/c1-14-10-18(25-9-5-8-21(23,24)20-3)11-15(2)19(14)17-7-4-6-16(12-17)13-22/h4,6-7,10-12,20,22-24H,5,8-9,13H2,1-3H3/q+1. The van der Waals surface area contributed by atoms with Gasteiger partial charge in [-0.3, -0.25) is 0 Å². The molecule has 2 aromatic rings. The number of nitrogens with zero attached hydrogens (tertiary/aromatic N) is 1. The Balaban J connectivity index is 2.09. The Bertz CT molecular complexity index is 693. The molecule has 0 fully saturated rings. The second-order valence-electron chi connectivity index (χ2n) is 6.17. The maximum absolute atomic E-state index is 9.42. The number of nitrogens with one attached hydrogen (secondary N) is 1. The Hall–Kier alpha value is -1.96. The first kappa shape index (κ1) is 19.4. The fourth-order valence-corrected chi connectivity index (χ4v) is 2.87. The molecule has 2 aromatic carbocycles. The molecule has 0 aliphatic carbocycles. The van der Waals surface area contributed by atoms with Crippen LogP contribution < -0.4 is 10.2 Å². The number of aliphatic hydroxyl groups excluding tert-OH is 1. The highest BCUT2D eigenvalue weighted by Crippen LogP contribution is 2.31. The van der Waals surface area contributed by atoms with Crippen LogP contribution in [0.2, 0.25) is 0 Å². The number of hydrogen-bond donors (Lipinski definition) is 4. The van der Waals surface area contributed by atoms with Crippen LogP contribution >= 0.6 is 0 Å². The van der Waals surface area contributed by atoms with E-state index in [0.29, 0.717) is 13.0 Å². The van der Waals surface area contributed by atoms with Crippen LogP contribution in [0.4, 0.5) is 0 Å². The van der Waals surface area contributed by atoms with Gasteiger partial charge in [0.2, 0.25) is 0 Å². The molecule has 0 amide bonds. The van der Waals surface area contributed by atoms with Crippen LogP contribution in [0.1, 0.15) is 23.1 Å². The zero-order valence-corrected chi connectivity index (χ0v) is 15.0. The summed E-state index contributed by atoms with van der Waals surface area (Å²) in [6, 6.07) is 11.8. The third-order valence-electron chi connectivity index (χ3n) is 4.15. The van der Waals surface area contributed by atoms with E-state index in [2.05, 4.69) is 5.43 Å². The molecule has 0 saturated carbocycles. The van der Waals surface area contributed by atoms with Gasteiger partial charge in [-0.15, -0.1) is 5.43 Å². The van der Waals surface area contributed by atoms with E-state index >= 15 is 0 Å². The van der Waals surface area contributed by atoms with Crippen LogP contribution in [0, 0.1) is 13.8 Å². The normalized spacial score (nSPS) is 11.6. The average Bonchev–Trinajstić information content (AvgIpc) is 2.58. The van der Waals surface area contributed by atoms with E-state index in [-0.39, 0.29) is 13.2 Å². The van der Waals surface area contributed by atoms with Crippen molar-refractivity contribution in [1.82, 2.24) is 5.43 Å². The van der Waals surface area contributed by atoms with Gasteiger partial charge < -0.3 is 9.84 Å². The maximum atomic E-state index is 9.42. The highest BCUT2D eigenvalue weighted by molar-refractivity contribution is 5.72. The number of rotatable bonds is 8. The quantitative estimate of drug-likeness (QED) is 0.335. The lowest BCUT2D eigenvalue weighted by molar-refractivity contribution is -1.27. The molecule has 0 atom stereocenters. The zero-order valence-electron chi connectivity index (χ0n) is 15.0. The third kappa shape index (κ3) is 5.26. The summed E-state index contributed by atoms with van der Waals surface area (Å²) in [7, 11) is 1.47. The van der Waals surface area contributed by atoms with Gasteiger partial charge in [-0.2, -0.15) is 10.4 Å². The van der Waals surface area contributed by atoms with Gasteiger partial charge in [0.05, 0.1) is 13.2 Å². The zero-order chi connectivity index (χ0) is 18.4. The van der Waals surface area contributed by atoms with E-state index in [1.165, 1.54) is 7.05 Å². The van der Waals surface area contributed by atoms with E-state index in [1.54, 1.807) is 0 Å². The van der Waals surface area contributed by atoms with Crippen molar-refractivity contribution >= 4 is 0 Å². The Kier molecular flexibility index (Phi) is 6.52. The number of hydrogen-bond acceptors (Lipinski definition) is 5. The third-order valence-corrected chi connectivity index (χ3v) is 4.15. The van der Waals surface area contributed by atoms with Gasteiger partial charge in [-0.25, -0.2) is 0 Å². The van der Waals surface area contributed by atoms with Crippen molar-refractivity contribution in [2.24, 2.45) is 0 Å². The fraction of sp³-hybridized carbons (Fsp3) is 0.368. The number of benzene rings is 2. The molecule has 0 radical (unpaired) electrons. The molecule has 4 N–H and O–H groups in total. The summed E-state index contributed by atoms with van der Waals surface area (Å²) < 4.78 is 5.74. The van der Waals surface area contributed by atoms with Gasteiger partial charge in [0, 0.05) is 18.4 Å². The van der Waals surface area contributed by atoms with Crippen molar-refractivity contribution in [3.05, 3.63) is 53.1 Å². The Morgan fingerprint density at radius 1 is 1.08 bits per heavy atom. The molecule has 0 heterocycles. The fourth-order valence-electron chi connectivity index (χ4n) is 2.87. The monoisotopic (exact) mass is 347 g/mol. The van der Waals surface area contributed by atoms with E-state index in [9.17, 15) is 15.5 Å². The summed E-state index contributed by atoms with van der Waals surface area (Å²) in [5.74, 6) is 0.760. The van der Waals surface area contributed by atoms with Crippen LogP contribution in [0.3, 0.4) is 0 Å². The van der Waals surface area contributed by atoms with Crippen molar-refractivity contribution in [3.63, 3.8) is 0 Å². The summed E-state index contributed by atoms with van der Waals surface area (Å²) in [5, 5.41) is 28.2. The Labute approximate surface area is 148 Å². The molecule has 6 heteroatoms. The Morgan fingerprint density at radius 2 is 1.76 bits per heavy atom. The molecule has 0 saturated heterocycles. The minimum Gasteiger partial charge on any atom is -0.493 e. The predicted molar refractivity (Wildman–Crippen MR) is 95.1 cm³/mol. The second kappa shape index (κ2) is 8.42. The number of ether oxygens (including phenoxy) is 1. The first-order valence-corrected chi connectivity index (χ1v) is 8.33. The lowest BCUT2D eigenvalue weighted by Gasteiger charge is -2.19. The van der Waals surface area contributed by atoms with Gasteiger partial charge in [0.15, 0.2) is 6.54 Å². The number of aryl methyl sites for hydroxylation is 2. The molecule has 0 spiro atoms. The lowest BCUT2D eigenvalue weighted by Crippen LogP contribution is -2.51. The molecule has 0 aliphatic rings. The smallest absolute Gasteiger partial charge is 0.165 e. The second-order valence-corrected chi connectivity index (χ2v) is 6.17. The molecule has 0 unspecified atom stereocenters. The average molecular weight is 347 g/mol. The van der Waals surface area contributed by atoms with Gasteiger partial charge in [0.1, 0.15) is 5.75 Å². The molecule has 2 rings (SSSR count). The first-order valence-electron chi connectivity index (χ1n) is 8.33. The van der Waals surface area contributed by atoms with E-state index in [4.69, 9.17) is 4.74 Å². The van der Waals surface area contributed by atoms with Crippen LogP contribution in [-0.2, 0) is 6.61 Å². The first-order chi connectivity index (χ1) is 11.9. The van der Waals surface area contributed by atoms with Crippen LogP contribution in [0.25, 0.3) is 11.1 Å². The molecular formula is C19H27N2O4+. The van der Waals surface area contributed by atoms with E-state index < -0.39 is 4.92 Å². The minimum absolute atomic E-state index is 0.0233. The van der Waals surface area contributed by atoms with Gasteiger partial charge in [-0.05, 0) is 59.9 Å². The minimum atomic E-state index is -1.22. The molecule has 0 aromatic heterocycles. The van der Waals surface area contributed by atoms with Crippen molar-refractivity contribution in [1.29, 1.82) is 0 Å². The topological polar surface area (TPSA) is 82.0 Å². The molecule has 136 valence electrons. The predicted octanol–water partition coefficient (Wildman–Crippen LogP) is 2.96. The summed E-state index contributed by atoms with van der Waals surface area (Å²) in [6.07, 6.45) is 0.492. The molecule has 0 bridgehead atoms. The summed E-state index contributed by atoms with van der Waals surface area (Å²) >= 11 is 0. The van der Waals surface area contributed by atoms with Gasteiger partial charge in [-0.1, -0.05) is 18.2 Å². The largest absolute Gasteiger partial charge is 0.493 e. The van der Waals surface area contributed by atoms with E-state index in [0.717, 1.165) is 33.6 Å². The van der Waals surface area contributed by atoms with Crippen molar-refractivity contribution < 1.29 is 25.2 Å². The SMILES string of the molecule is CN[N+](O)(O)CCCOc1cc(C)c(-c2cccc(CO)c2)c(C)c1.